The summed E-state index contributed by atoms with van der Waals surface area (Å²) >= 11 is 0. The molecule has 0 saturated heterocycles. The standard InChI is InChI=1S/C13H8FN3O2/c14-9-5-1-2-6-10(9)17-11-7-3-4-8(13(18)19)12(11)15-16-17/h1-7H,(H,18,19). The van der Waals surface area contributed by atoms with Gasteiger partial charge in [0.15, 0.2) is 0 Å². The lowest BCUT2D eigenvalue weighted by atomic mass is 10.2. The fraction of sp³-hybridized carbons (Fsp3) is 0. The summed E-state index contributed by atoms with van der Waals surface area (Å²) in [5.74, 6) is -1.54. The molecule has 6 heteroatoms. The number of aromatic nitrogens is 3. The fourth-order valence-electron chi connectivity index (χ4n) is 1.92. The first kappa shape index (κ1) is 11.3. The molecule has 5 nitrogen and oxygen atoms in total. The van der Waals surface area contributed by atoms with E-state index in [0.29, 0.717) is 5.52 Å². The van der Waals surface area contributed by atoms with E-state index in [1.165, 1.54) is 16.8 Å². The third kappa shape index (κ3) is 1.74. The van der Waals surface area contributed by atoms with E-state index in [9.17, 15) is 9.18 Å². The molecule has 0 aliphatic heterocycles. The summed E-state index contributed by atoms with van der Waals surface area (Å²) in [6.45, 7) is 0. The molecule has 94 valence electrons. The summed E-state index contributed by atoms with van der Waals surface area (Å²) in [4.78, 5) is 11.1. The van der Waals surface area contributed by atoms with E-state index >= 15 is 0 Å². The average molecular weight is 257 g/mol. The van der Waals surface area contributed by atoms with E-state index in [4.69, 9.17) is 5.11 Å². The predicted molar refractivity (Wildman–Crippen MR) is 65.8 cm³/mol. The second-order valence-corrected chi connectivity index (χ2v) is 3.93. The maximum Gasteiger partial charge on any atom is 0.338 e. The van der Waals surface area contributed by atoms with Gasteiger partial charge in [0.25, 0.3) is 0 Å². The number of halogens is 1. The zero-order valence-electron chi connectivity index (χ0n) is 9.62. The van der Waals surface area contributed by atoms with Crippen LogP contribution in [0, 0.1) is 5.82 Å². The second kappa shape index (κ2) is 4.16. The Morgan fingerprint density at radius 3 is 2.68 bits per heavy atom. The van der Waals surface area contributed by atoms with E-state index in [1.807, 2.05) is 0 Å². The van der Waals surface area contributed by atoms with Gasteiger partial charge in [-0.1, -0.05) is 23.4 Å². The van der Waals surface area contributed by atoms with Crippen molar-refractivity contribution in [1.82, 2.24) is 15.0 Å². The van der Waals surface area contributed by atoms with E-state index in [-0.39, 0.29) is 16.8 Å². The van der Waals surface area contributed by atoms with Crippen molar-refractivity contribution in [2.45, 2.75) is 0 Å². The maximum absolute atomic E-state index is 13.7. The number of para-hydroxylation sites is 1. The second-order valence-electron chi connectivity index (χ2n) is 3.93. The number of hydrogen-bond acceptors (Lipinski definition) is 3. The highest BCUT2D eigenvalue weighted by atomic mass is 19.1. The van der Waals surface area contributed by atoms with Crippen molar-refractivity contribution < 1.29 is 14.3 Å². The molecule has 0 bridgehead atoms. The number of fused-ring (bicyclic) bond motifs is 1. The molecule has 0 fully saturated rings. The first-order valence-electron chi connectivity index (χ1n) is 5.51. The lowest BCUT2D eigenvalue weighted by Gasteiger charge is -2.03. The van der Waals surface area contributed by atoms with Gasteiger partial charge in [-0.3, -0.25) is 0 Å². The van der Waals surface area contributed by atoms with Crippen LogP contribution in [0.2, 0.25) is 0 Å². The molecule has 0 radical (unpaired) electrons. The van der Waals surface area contributed by atoms with Crippen LogP contribution in [0.25, 0.3) is 16.7 Å². The highest BCUT2D eigenvalue weighted by molar-refractivity contribution is 6.00. The van der Waals surface area contributed by atoms with E-state index in [0.717, 1.165) is 0 Å². The number of carboxylic acids is 1. The Bertz CT molecular complexity index is 782. The van der Waals surface area contributed by atoms with Gasteiger partial charge in [0.2, 0.25) is 0 Å². The molecule has 0 saturated carbocycles. The molecule has 0 amide bonds. The van der Waals surface area contributed by atoms with Crippen molar-refractivity contribution in [2.75, 3.05) is 0 Å². The van der Waals surface area contributed by atoms with E-state index in [2.05, 4.69) is 10.3 Å². The molecule has 3 rings (SSSR count). The van der Waals surface area contributed by atoms with Crippen molar-refractivity contribution >= 4 is 17.0 Å². The van der Waals surface area contributed by atoms with Crippen molar-refractivity contribution in [2.24, 2.45) is 0 Å². The van der Waals surface area contributed by atoms with Gasteiger partial charge in [-0.2, -0.15) is 0 Å². The van der Waals surface area contributed by atoms with Crippen molar-refractivity contribution in [1.29, 1.82) is 0 Å². The Hall–Kier alpha value is -2.76. The van der Waals surface area contributed by atoms with Gasteiger partial charge in [0.05, 0.1) is 11.1 Å². The summed E-state index contributed by atoms with van der Waals surface area (Å²) in [7, 11) is 0. The summed E-state index contributed by atoms with van der Waals surface area (Å²) < 4.78 is 15.0. The van der Waals surface area contributed by atoms with Gasteiger partial charge in [-0.05, 0) is 24.3 Å². The first-order valence-corrected chi connectivity index (χ1v) is 5.51. The molecule has 1 aromatic heterocycles. The molecule has 0 aliphatic carbocycles. The molecule has 19 heavy (non-hydrogen) atoms. The van der Waals surface area contributed by atoms with Crippen LogP contribution in [0.15, 0.2) is 42.5 Å². The summed E-state index contributed by atoms with van der Waals surface area (Å²) in [5, 5.41) is 16.7. The van der Waals surface area contributed by atoms with E-state index in [1.54, 1.807) is 30.3 Å². The minimum absolute atomic E-state index is 0.0417. The molecule has 0 unspecified atom stereocenters. The van der Waals surface area contributed by atoms with Gasteiger partial charge in [0, 0.05) is 0 Å². The van der Waals surface area contributed by atoms with Crippen LogP contribution >= 0.6 is 0 Å². The molecule has 1 heterocycles. The van der Waals surface area contributed by atoms with Crippen molar-refractivity contribution in [3.05, 3.63) is 53.8 Å². The molecule has 1 N–H and O–H groups in total. The topological polar surface area (TPSA) is 68.0 Å². The Morgan fingerprint density at radius 1 is 1.16 bits per heavy atom. The number of carbonyl (C=O) groups is 1. The predicted octanol–water partition coefficient (Wildman–Crippen LogP) is 2.26. The Morgan fingerprint density at radius 2 is 1.95 bits per heavy atom. The number of hydrogen-bond donors (Lipinski definition) is 1. The van der Waals surface area contributed by atoms with Gasteiger partial charge in [0.1, 0.15) is 17.0 Å². The number of aromatic carboxylic acids is 1. The third-order valence-electron chi connectivity index (χ3n) is 2.79. The van der Waals surface area contributed by atoms with Gasteiger partial charge < -0.3 is 5.11 Å². The first-order chi connectivity index (χ1) is 9.18. The lowest BCUT2D eigenvalue weighted by molar-refractivity contribution is 0.0699. The van der Waals surface area contributed by atoms with Gasteiger partial charge >= 0.3 is 5.97 Å². The Kier molecular flexibility index (Phi) is 2.49. The molecule has 2 aromatic carbocycles. The summed E-state index contributed by atoms with van der Waals surface area (Å²) in [6.07, 6.45) is 0. The van der Waals surface area contributed by atoms with Crippen LogP contribution in [-0.4, -0.2) is 26.1 Å². The molecule has 0 atom stereocenters. The minimum atomic E-state index is -1.09. The lowest BCUT2D eigenvalue weighted by Crippen LogP contribution is -2.00. The zero-order chi connectivity index (χ0) is 13.4. The SMILES string of the molecule is O=C(O)c1cccc2c1nnn2-c1ccccc1F. The maximum atomic E-state index is 13.7. The monoisotopic (exact) mass is 257 g/mol. The zero-order valence-corrected chi connectivity index (χ0v) is 9.62. The minimum Gasteiger partial charge on any atom is -0.478 e. The largest absolute Gasteiger partial charge is 0.478 e. The van der Waals surface area contributed by atoms with Crippen LogP contribution in [0.5, 0.6) is 0 Å². The van der Waals surface area contributed by atoms with Gasteiger partial charge in [-0.25, -0.2) is 13.9 Å². The molecule has 0 aliphatic rings. The summed E-state index contributed by atoms with van der Waals surface area (Å²) in [5.41, 5.74) is 0.955. The highest BCUT2D eigenvalue weighted by Crippen LogP contribution is 2.21. The molecule has 0 spiro atoms. The number of carboxylic acid groups (broad SMARTS) is 1. The smallest absolute Gasteiger partial charge is 0.338 e. The van der Waals surface area contributed by atoms with Crippen LogP contribution in [-0.2, 0) is 0 Å². The third-order valence-corrected chi connectivity index (χ3v) is 2.79. The fourth-order valence-corrected chi connectivity index (χ4v) is 1.92. The van der Waals surface area contributed by atoms with Crippen LogP contribution in [0.3, 0.4) is 0 Å². The van der Waals surface area contributed by atoms with Gasteiger partial charge in [-0.15, -0.1) is 5.10 Å². The molecular weight excluding hydrogens is 249 g/mol. The van der Waals surface area contributed by atoms with Crippen LogP contribution in [0.4, 0.5) is 4.39 Å². The average Bonchev–Trinajstić information content (AvgIpc) is 2.82. The Labute approximate surface area is 106 Å². The summed E-state index contributed by atoms with van der Waals surface area (Å²) in [6, 6.07) is 10.8. The number of nitrogens with zero attached hydrogens (tertiary/aromatic N) is 3. The van der Waals surface area contributed by atoms with E-state index < -0.39 is 11.8 Å². The highest BCUT2D eigenvalue weighted by Gasteiger charge is 2.15. The normalized spacial score (nSPS) is 10.8. The Balaban J connectivity index is 2.31. The van der Waals surface area contributed by atoms with Crippen LogP contribution in [0.1, 0.15) is 10.4 Å². The van der Waals surface area contributed by atoms with Crippen molar-refractivity contribution in [3.63, 3.8) is 0 Å². The van der Waals surface area contributed by atoms with Crippen LogP contribution < -0.4 is 0 Å². The number of benzene rings is 2. The molecule has 3 aromatic rings. The number of rotatable bonds is 2. The quantitative estimate of drug-likeness (QED) is 0.764. The van der Waals surface area contributed by atoms with Crippen molar-refractivity contribution in [3.8, 4) is 5.69 Å². The molecular formula is C13H8FN3O2.